The first-order valence-corrected chi connectivity index (χ1v) is 6.09. The molecule has 100 valence electrons. The first-order valence-electron chi connectivity index (χ1n) is 6.09. The standard InChI is InChI=1S/C13H15N3O3/c1-2-3-10(14)13(19)15-7-4-5-8-9(6-7)12(18)16-11(8)17/h4-6,10H,2-3,14H2,1H3,(H,15,19)(H,16,17,18). The minimum Gasteiger partial charge on any atom is -0.325 e. The number of carbonyl (C=O) groups is 3. The van der Waals surface area contributed by atoms with Crippen LogP contribution in [0.2, 0.25) is 0 Å². The van der Waals surface area contributed by atoms with Crippen LogP contribution in [0.25, 0.3) is 0 Å². The summed E-state index contributed by atoms with van der Waals surface area (Å²) in [5, 5.41) is 4.83. The summed E-state index contributed by atoms with van der Waals surface area (Å²) in [7, 11) is 0. The van der Waals surface area contributed by atoms with Crippen LogP contribution in [0.5, 0.6) is 0 Å². The number of nitrogens with one attached hydrogen (secondary N) is 2. The maximum Gasteiger partial charge on any atom is 0.259 e. The second-order valence-electron chi connectivity index (χ2n) is 4.43. The van der Waals surface area contributed by atoms with Gasteiger partial charge in [0.1, 0.15) is 0 Å². The number of imide groups is 1. The summed E-state index contributed by atoms with van der Waals surface area (Å²) in [6.45, 7) is 1.94. The van der Waals surface area contributed by atoms with Gasteiger partial charge in [-0.15, -0.1) is 0 Å². The lowest BCUT2D eigenvalue weighted by Crippen LogP contribution is -2.35. The summed E-state index contributed by atoms with van der Waals surface area (Å²) < 4.78 is 0. The van der Waals surface area contributed by atoms with Gasteiger partial charge in [0.05, 0.1) is 17.2 Å². The summed E-state index contributed by atoms with van der Waals surface area (Å²) in [6.07, 6.45) is 1.41. The number of benzene rings is 1. The molecule has 1 aromatic carbocycles. The Morgan fingerprint density at radius 2 is 2.00 bits per heavy atom. The van der Waals surface area contributed by atoms with Crippen LogP contribution in [0.3, 0.4) is 0 Å². The van der Waals surface area contributed by atoms with Gasteiger partial charge in [0.2, 0.25) is 5.91 Å². The molecule has 3 amide bonds. The zero-order chi connectivity index (χ0) is 14.0. The zero-order valence-corrected chi connectivity index (χ0v) is 10.5. The number of rotatable bonds is 4. The van der Waals surface area contributed by atoms with Crippen LogP contribution < -0.4 is 16.4 Å². The SMILES string of the molecule is CCCC(N)C(=O)Nc1ccc2c(c1)C(=O)NC2=O. The van der Waals surface area contributed by atoms with E-state index in [1.54, 1.807) is 6.07 Å². The topological polar surface area (TPSA) is 101 Å². The molecule has 1 aromatic rings. The molecule has 19 heavy (non-hydrogen) atoms. The van der Waals surface area contributed by atoms with Crippen molar-refractivity contribution in [2.45, 2.75) is 25.8 Å². The highest BCUT2D eigenvalue weighted by Gasteiger charge is 2.27. The van der Waals surface area contributed by atoms with Crippen molar-refractivity contribution in [2.75, 3.05) is 5.32 Å². The molecule has 0 saturated heterocycles. The van der Waals surface area contributed by atoms with Gasteiger partial charge in [-0.1, -0.05) is 13.3 Å². The molecule has 0 aliphatic carbocycles. The molecule has 1 aliphatic heterocycles. The Balaban J connectivity index is 2.15. The van der Waals surface area contributed by atoms with Gasteiger partial charge in [-0.3, -0.25) is 19.7 Å². The summed E-state index contributed by atoms with van der Waals surface area (Å²) in [5.41, 5.74) is 6.74. The first-order chi connectivity index (χ1) is 9.02. The maximum absolute atomic E-state index is 11.7. The molecule has 1 unspecified atom stereocenters. The summed E-state index contributed by atoms with van der Waals surface area (Å²) in [5.74, 6) is -1.17. The van der Waals surface area contributed by atoms with E-state index in [0.29, 0.717) is 17.7 Å². The number of hydrogen-bond donors (Lipinski definition) is 3. The third-order valence-electron chi connectivity index (χ3n) is 2.94. The van der Waals surface area contributed by atoms with Gasteiger partial charge in [0.25, 0.3) is 11.8 Å². The molecule has 0 radical (unpaired) electrons. The minimum absolute atomic E-state index is 0.270. The van der Waals surface area contributed by atoms with E-state index in [9.17, 15) is 14.4 Å². The van der Waals surface area contributed by atoms with E-state index in [2.05, 4.69) is 10.6 Å². The summed E-state index contributed by atoms with van der Waals surface area (Å²) >= 11 is 0. The molecule has 0 fully saturated rings. The van der Waals surface area contributed by atoms with Crippen LogP contribution >= 0.6 is 0 Å². The average molecular weight is 261 g/mol. The van der Waals surface area contributed by atoms with Crippen LogP contribution in [0, 0.1) is 0 Å². The van der Waals surface area contributed by atoms with Crippen molar-refractivity contribution in [3.63, 3.8) is 0 Å². The fraction of sp³-hybridized carbons (Fsp3) is 0.308. The molecule has 4 N–H and O–H groups in total. The molecule has 0 bridgehead atoms. The predicted molar refractivity (Wildman–Crippen MR) is 69.8 cm³/mol. The maximum atomic E-state index is 11.7. The van der Waals surface area contributed by atoms with Crippen molar-refractivity contribution >= 4 is 23.4 Å². The molecular weight excluding hydrogens is 246 g/mol. The van der Waals surface area contributed by atoms with Crippen molar-refractivity contribution in [1.82, 2.24) is 5.32 Å². The molecule has 6 nitrogen and oxygen atoms in total. The van der Waals surface area contributed by atoms with Gasteiger partial charge >= 0.3 is 0 Å². The lowest BCUT2D eigenvalue weighted by Gasteiger charge is -2.11. The zero-order valence-electron chi connectivity index (χ0n) is 10.5. The molecule has 1 heterocycles. The van der Waals surface area contributed by atoms with Gasteiger partial charge in [-0.2, -0.15) is 0 Å². The highest BCUT2D eigenvalue weighted by Crippen LogP contribution is 2.20. The summed E-state index contributed by atoms with van der Waals surface area (Å²) in [6, 6.07) is 3.99. The second kappa shape index (κ2) is 5.19. The van der Waals surface area contributed by atoms with E-state index in [0.717, 1.165) is 6.42 Å². The van der Waals surface area contributed by atoms with E-state index in [1.165, 1.54) is 12.1 Å². The largest absolute Gasteiger partial charge is 0.325 e. The van der Waals surface area contributed by atoms with E-state index in [4.69, 9.17) is 5.73 Å². The average Bonchev–Trinajstić information content (AvgIpc) is 2.65. The van der Waals surface area contributed by atoms with E-state index in [-0.39, 0.29) is 11.5 Å². The second-order valence-corrected chi connectivity index (χ2v) is 4.43. The normalized spacial score (nSPS) is 14.8. The van der Waals surface area contributed by atoms with Gasteiger partial charge < -0.3 is 11.1 Å². The lowest BCUT2D eigenvalue weighted by atomic mass is 10.1. The molecule has 1 atom stereocenters. The highest BCUT2D eigenvalue weighted by atomic mass is 16.2. The molecule has 0 saturated carbocycles. The van der Waals surface area contributed by atoms with Gasteiger partial charge in [0.15, 0.2) is 0 Å². The molecule has 6 heteroatoms. The van der Waals surface area contributed by atoms with Gasteiger partial charge in [-0.25, -0.2) is 0 Å². The van der Waals surface area contributed by atoms with Gasteiger partial charge in [0, 0.05) is 5.69 Å². The fourth-order valence-electron chi connectivity index (χ4n) is 1.92. The number of nitrogens with two attached hydrogens (primary N) is 1. The third kappa shape index (κ3) is 2.63. The van der Waals surface area contributed by atoms with Crippen LogP contribution in [0.1, 0.15) is 40.5 Å². The Kier molecular flexibility index (Phi) is 3.62. The fourth-order valence-corrected chi connectivity index (χ4v) is 1.92. The van der Waals surface area contributed by atoms with Crippen molar-refractivity contribution in [3.8, 4) is 0 Å². The number of anilines is 1. The number of carbonyl (C=O) groups excluding carboxylic acids is 3. The van der Waals surface area contributed by atoms with Crippen molar-refractivity contribution in [3.05, 3.63) is 29.3 Å². The van der Waals surface area contributed by atoms with E-state index < -0.39 is 17.9 Å². The number of hydrogen-bond acceptors (Lipinski definition) is 4. The monoisotopic (exact) mass is 261 g/mol. The molecule has 2 rings (SSSR count). The third-order valence-corrected chi connectivity index (χ3v) is 2.94. The van der Waals surface area contributed by atoms with Crippen molar-refractivity contribution < 1.29 is 14.4 Å². The van der Waals surface area contributed by atoms with Gasteiger partial charge in [-0.05, 0) is 24.6 Å². The quantitative estimate of drug-likeness (QED) is 0.692. The van der Waals surface area contributed by atoms with Crippen LogP contribution in [-0.2, 0) is 4.79 Å². The highest BCUT2D eigenvalue weighted by molar-refractivity contribution is 6.22. The Labute approximate surface area is 110 Å². The molecule has 1 aliphatic rings. The Bertz CT molecular complexity index is 554. The van der Waals surface area contributed by atoms with E-state index in [1.807, 2.05) is 6.92 Å². The van der Waals surface area contributed by atoms with Crippen LogP contribution in [-0.4, -0.2) is 23.8 Å². The van der Waals surface area contributed by atoms with Crippen molar-refractivity contribution in [2.24, 2.45) is 5.73 Å². The number of amides is 3. The minimum atomic E-state index is -0.575. The predicted octanol–water partition coefficient (Wildman–Crippen LogP) is 0.636. The van der Waals surface area contributed by atoms with Crippen molar-refractivity contribution in [1.29, 1.82) is 0 Å². The Morgan fingerprint density at radius 1 is 1.32 bits per heavy atom. The molecule has 0 aromatic heterocycles. The van der Waals surface area contributed by atoms with Crippen LogP contribution in [0.4, 0.5) is 5.69 Å². The first kappa shape index (κ1) is 13.2. The lowest BCUT2D eigenvalue weighted by molar-refractivity contribution is -0.117. The number of fused-ring (bicyclic) bond motifs is 1. The Morgan fingerprint density at radius 3 is 2.68 bits per heavy atom. The molecule has 0 spiro atoms. The van der Waals surface area contributed by atoms with Crippen LogP contribution in [0.15, 0.2) is 18.2 Å². The molecular formula is C13H15N3O3. The summed E-state index contributed by atoms with van der Waals surface area (Å²) in [4.78, 5) is 34.6. The smallest absolute Gasteiger partial charge is 0.259 e. The Hall–Kier alpha value is -2.21. The van der Waals surface area contributed by atoms with E-state index >= 15 is 0 Å².